The lowest BCUT2D eigenvalue weighted by Gasteiger charge is -2.24. The van der Waals surface area contributed by atoms with Crippen LogP contribution in [0, 0.1) is 5.92 Å². The molecule has 1 aliphatic rings. The molecule has 1 saturated carbocycles. The first kappa shape index (κ1) is 13.5. The first-order valence-corrected chi connectivity index (χ1v) is 7.27. The molecule has 102 valence electrons. The minimum atomic E-state index is 0.571. The predicted molar refractivity (Wildman–Crippen MR) is 71.1 cm³/mol. The highest BCUT2D eigenvalue weighted by atomic mass is 15.6. The van der Waals surface area contributed by atoms with E-state index >= 15 is 0 Å². The van der Waals surface area contributed by atoms with E-state index in [1.54, 1.807) is 0 Å². The molecular weight excluding hydrogens is 226 g/mol. The monoisotopic (exact) mass is 251 g/mol. The van der Waals surface area contributed by atoms with Crippen LogP contribution in [-0.2, 0) is 6.54 Å². The van der Waals surface area contributed by atoms with E-state index in [-0.39, 0.29) is 0 Å². The average Bonchev–Trinajstić information content (AvgIpc) is 3.14. The average molecular weight is 251 g/mol. The van der Waals surface area contributed by atoms with Crippen LogP contribution in [0.4, 0.5) is 0 Å². The summed E-state index contributed by atoms with van der Waals surface area (Å²) in [6.07, 6.45) is 4.97. The molecule has 0 aromatic carbocycles. The van der Waals surface area contributed by atoms with Crippen LogP contribution >= 0.6 is 0 Å². The smallest absolute Gasteiger partial charge is 0.165 e. The molecule has 0 radical (unpaired) electrons. The third-order valence-electron chi connectivity index (χ3n) is 3.94. The Balaban J connectivity index is 1.94. The zero-order valence-electron chi connectivity index (χ0n) is 11.8. The number of tetrazole rings is 1. The molecule has 5 nitrogen and oxygen atoms in total. The fourth-order valence-electron chi connectivity index (χ4n) is 2.34. The standard InChI is InChI=1S/C13H25N5/c1-4-11(5-2)9-17(6-3)10-13-14-15-16-18(13)12-7-8-12/h11-12H,4-10H2,1-3H3. The summed E-state index contributed by atoms with van der Waals surface area (Å²) in [5.74, 6) is 1.82. The lowest BCUT2D eigenvalue weighted by atomic mass is 10.0. The zero-order valence-corrected chi connectivity index (χ0v) is 11.8. The Morgan fingerprint density at radius 3 is 2.56 bits per heavy atom. The minimum absolute atomic E-state index is 0.571. The van der Waals surface area contributed by atoms with Gasteiger partial charge in [-0.1, -0.05) is 33.6 Å². The van der Waals surface area contributed by atoms with Crippen LogP contribution in [0.2, 0.25) is 0 Å². The van der Waals surface area contributed by atoms with Crippen LogP contribution in [0.1, 0.15) is 58.3 Å². The van der Waals surface area contributed by atoms with Crippen molar-refractivity contribution in [1.29, 1.82) is 0 Å². The van der Waals surface area contributed by atoms with Gasteiger partial charge in [-0.15, -0.1) is 5.10 Å². The van der Waals surface area contributed by atoms with E-state index in [4.69, 9.17) is 0 Å². The molecule has 1 fully saturated rings. The third kappa shape index (κ3) is 3.28. The number of rotatable bonds is 8. The summed E-state index contributed by atoms with van der Waals surface area (Å²) in [5, 5.41) is 12.1. The van der Waals surface area contributed by atoms with Gasteiger partial charge in [0.15, 0.2) is 5.82 Å². The maximum absolute atomic E-state index is 4.18. The Hall–Kier alpha value is -0.970. The Labute approximate surface area is 110 Å². The maximum atomic E-state index is 4.18. The molecule has 18 heavy (non-hydrogen) atoms. The zero-order chi connectivity index (χ0) is 13.0. The minimum Gasteiger partial charge on any atom is -0.296 e. The van der Waals surface area contributed by atoms with Gasteiger partial charge in [0.2, 0.25) is 0 Å². The lowest BCUT2D eigenvalue weighted by molar-refractivity contribution is 0.217. The van der Waals surface area contributed by atoms with Crippen molar-refractivity contribution in [1.82, 2.24) is 25.1 Å². The Morgan fingerprint density at radius 2 is 2.00 bits per heavy atom. The number of nitrogens with zero attached hydrogens (tertiary/aromatic N) is 5. The molecular formula is C13H25N5. The molecule has 1 aromatic rings. The molecule has 0 N–H and O–H groups in total. The molecule has 1 aliphatic carbocycles. The van der Waals surface area contributed by atoms with Gasteiger partial charge >= 0.3 is 0 Å². The first-order chi connectivity index (χ1) is 8.78. The van der Waals surface area contributed by atoms with E-state index < -0.39 is 0 Å². The lowest BCUT2D eigenvalue weighted by Crippen LogP contribution is -2.30. The quantitative estimate of drug-likeness (QED) is 0.711. The maximum Gasteiger partial charge on any atom is 0.165 e. The molecule has 0 bridgehead atoms. The summed E-state index contributed by atoms with van der Waals surface area (Å²) in [6.45, 7) is 9.87. The van der Waals surface area contributed by atoms with Crippen LogP contribution in [0.25, 0.3) is 0 Å². The summed E-state index contributed by atoms with van der Waals surface area (Å²) in [7, 11) is 0. The van der Waals surface area contributed by atoms with E-state index in [9.17, 15) is 0 Å². The van der Waals surface area contributed by atoms with Crippen molar-refractivity contribution < 1.29 is 0 Å². The topological polar surface area (TPSA) is 46.8 Å². The molecule has 0 aliphatic heterocycles. The van der Waals surface area contributed by atoms with E-state index in [0.29, 0.717) is 6.04 Å². The van der Waals surface area contributed by atoms with Gasteiger partial charge in [0.25, 0.3) is 0 Å². The van der Waals surface area contributed by atoms with E-state index in [1.807, 2.05) is 4.68 Å². The van der Waals surface area contributed by atoms with Gasteiger partial charge in [-0.05, 0) is 35.7 Å². The molecule has 1 heterocycles. The fraction of sp³-hybridized carbons (Fsp3) is 0.923. The molecule has 0 atom stereocenters. The molecule has 0 spiro atoms. The van der Waals surface area contributed by atoms with Crippen molar-refractivity contribution in [3.8, 4) is 0 Å². The Kier molecular flexibility index (Phi) is 4.69. The molecule has 2 rings (SSSR count). The second-order valence-corrected chi connectivity index (χ2v) is 5.28. The van der Waals surface area contributed by atoms with Crippen molar-refractivity contribution in [3.63, 3.8) is 0 Å². The second-order valence-electron chi connectivity index (χ2n) is 5.28. The summed E-state index contributed by atoms with van der Waals surface area (Å²) >= 11 is 0. The predicted octanol–water partition coefficient (Wildman–Crippen LogP) is 2.27. The third-order valence-corrected chi connectivity index (χ3v) is 3.94. The highest BCUT2D eigenvalue weighted by Crippen LogP contribution is 2.34. The van der Waals surface area contributed by atoms with Crippen molar-refractivity contribution in [2.45, 2.75) is 59.0 Å². The summed E-state index contributed by atoms with van der Waals surface area (Å²) in [4.78, 5) is 2.46. The first-order valence-electron chi connectivity index (χ1n) is 7.27. The van der Waals surface area contributed by atoms with Gasteiger partial charge in [-0.25, -0.2) is 4.68 Å². The summed E-state index contributed by atoms with van der Waals surface area (Å²) in [6, 6.07) is 0.571. The highest BCUT2D eigenvalue weighted by Gasteiger charge is 2.28. The molecule has 0 unspecified atom stereocenters. The SMILES string of the molecule is CCC(CC)CN(CC)Cc1nnnn1C1CC1. The fourth-order valence-corrected chi connectivity index (χ4v) is 2.34. The van der Waals surface area contributed by atoms with Crippen LogP contribution < -0.4 is 0 Å². The van der Waals surface area contributed by atoms with Gasteiger partial charge in [-0.3, -0.25) is 4.90 Å². The van der Waals surface area contributed by atoms with Gasteiger partial charge in [-0.2, -0.15) is 0 Å². The van der Waals surface area contributed by atoms with E-state index in [1.165, 1.54) is 25.7 Å². The van der Waals surface area contributed by atoms with E-state index in [2.05, 4.69) is 41.2 Å². The summed E-state index contributed by atoms with van der Waals surface area (Å²) in [5.41, 5.74) is 0. The largest absolute Gasteiger partial charge is 0.296 e. The van der Waals surface area contributed by atoms with Crippen LogP contribution in [0.3, 0.4) is 0 Å². The molecule has 0 amide bonds. The number of hydrogen-bond donors (Lipinski definition) is 0. The Bertz CT molecular complexity index is 354. The summed E-state index contributed by atoms with van der Waals surface area (Å²) < 4.78 is 2.02. The van der Waals surface area contributed by atoms with Crippen molar-refractivity contribution in [3.05, 3.63) is 5.82 Å². The van der Waals surface area contributed by atoms with Gasteiger partial charge in [0.1, 0.15) is 0 Å². The van der Waals surface area contributed by atoms with Gasteiger partial charge in [0.05, 0.1) is 12.6 Å². The van der Waals surface area contributed by atoms with Crippen LogP contribution in [-0.4, -0.2) is 38.2 Å². The van der Waals surface area contributed by atoms with Crippen molar-refractivity contribution in [2.75, 3.05) is 13.1 Å². The second kappa shape index (κ2) is 6.27. The molecule has 1 aromatic heterocycles. The molecule has 5 heteroatoms. The van der Waals surface area contributed by atoms with Crippen molar-refractivity contribution >= 4 is 0 Å². The van der Waals surface area contributed by atoms with Crippen LogP contribution in [0.15, 0.2) is 0 Å². The van der Waals surface area contributed by atoms with E-state index in [0.717, 1.165) is 31.4 Å². The highest BCUT2D eigenvalue weighted by molar-refractivity contribution is 4.90. The number of aromatic nitrogens is 4. The van der Waals surface area contributed by atoms with Gasteiger partial charge in [0, 0.05) is 6.54 Å². The van der Waals surface area contributed by atoms with Gasteiger partial charge < -0.3 is 0 Å². The van der Waals surface area contributed by atoms with Crippen molar-refractivity contribution in [2.24, 2.45) is 5.92 Å². The number of hydrogen-bond acceptors (Lipinski definition) is 4. The Morgan fingerprint density at radius 1 is 1.28 bits per heavy atom. The normalized spacial score (nSPS) is 15.8. The van der Waals surface area contributed by atoms with Crippen LogP contribution in [0.5, 0.6) is 0 Å². The molecule has 0 saturated heterocycles.